The van der Waals surface area contributed by atoms with Gasteiger partial charge in [-0.2, -0.15) is 0 Å². The lowest BCUT2D eigenvalue weighted by Crippen LogP contribution is -2.43. The zero-order chi connectivity index (χ0) is 18.7. The number of esters is 2. The van der Waals surface area contributed by atoms with Gasteiger partial charge in [0.05, 0.1) is 19.1 Å². The minimum atomic E-state index is -0.824. The van der Waals surface area contributed by atoms with Crippen LogP contribution in [0, 0.1) is 18.8 Å². The SMILES string of the molecule is Cc1ccc(C[C@H]2COC[C@H](N)C(=O)O[C@@H](C)[C@@H]2OC(=O)C2CC2)cc1. The van der Waals surface area contributed by atoms with Gasteiger partial charge in [0.25, 0.3) is 0 Å². The highest BCUT2D eigenvalue weighted by Gasteiger charge is 2.39. The second-order valence-corrected chi connectivity index (χ2v) is 7.41. The van der Waals surface area contributed by atoms with Gasteiger partial charge >= 0.3 is 11.9 Å². The molecule has 3 rings (SSSR count). The summed E-state index contributed by atoms with van der Waals surface area (Å²) in [6.07, 6.45) is 1.26. The number of hydrogen-bond donors (Lipinski definition) is 1. The molecule has 142 valence electrons. The van der Waals surface area contributed by atoms with Gasteiger partial charge in [-0.25, -0.2) is 0 Å². The number of benzene rings is 1. The Morgan fingerprint density at radius 1 is 1.23 bits per heavy atom. The van der Waals surface area contributed by atoms with Gasteiger partial charge in [-0.3, -0.25) is 9.59 Å². The van der Waals surface area contributed by atoms with Crippen molar-refractivity contribution in [1.29, 1.82) is 0 Å². The van der Waals surface area contributed by atoms with Crippen LogP contribution in [0.1, 0.15) is 30.9 Å². The van der Waals surface area contributed by atoms with Crippen LogP contribution in [0.4, 0.5) is 0 Å². The van der Waals surface area contributed by atoms with E-state index in [1.807, 2.05) is 6.92 Å². The summed E-state index contributed by atoms with van der Waals surface area (Å²) in [6.45, 7) is 4.24. The van der Waals surface area contributed by atoms with Crippen LogP contribution < -0.4 is 5.73 Å². The molecule has 1 saturated heterocycles. The third-order valence-electron chi connectivity index (χ3n) is 4.94. The Morgan fingerprint density at radius 3 is 2.58 bits per heavy atom. The van der Waals surface area contributed by atoms with Crippen LogP contribution >= 0.6 is 0 Å². The fourth-order valence-electron chi connectivity index (χ4n) is 3.17. The highest BCUT2D eigenvalue weighted by molar-refractivity contribution is 5.76. The molecule has 2 fully saturated rings. The smallest absolute Gasteiger partial charge is 0.325 e. The maximum atomic E-state index is 12.3. The van der Waals surface area contributed by atoms with Gasteiger partial charge in [0.1, 0.15) is 18.2 Å². The maximum absolute atomic E-state index is 12.3. The standard InChI is InChI=1S/C20H27NO5/c1-12-3-5-14(6-4-12)9-16-10-24-11-17(21)20(23)25-13(2)18(16)26-19(22)15-7-8-15/h3-6,13,15-18H,7-11,21H2,1-2H3/t13-,16-,17-,18-/m0/s1. The number of cyclic esters (lactones) is 1. The Balaban J connectivity index is 1.80. The van der Waals surface area contributed by atoms with Gasteiger partial charge in [-0.05, 0) is 38.7 Å². The van der Waals surface area contributed by atoms with Crippen molar-refractivity contribution in [2.45, 2.75) is 51.4 Å². The summed E-state index contributed by atoms with van der Waals surface area (Å²) in [5.74, 6) is -0.876. The van der Waals surface area contributed by atoms with Crippen LogP contribution in [0.25, 0.3) is 0 Å². The van der Waals surface area contributed by atoms with E-state index in [9.17, 15) is 9.59 Å². The molecule has 4 atom stereocenters. The molecule has 1 aliphatic carbocycles. The third-order valence-corrected chi connectivity index (χ3v) is 4.94. The maximum Gasteiger partial charge on any atom is 0.325 e. The molecule has 6 nitrogen and oxygen atoms in total. The Kier molecular flexibility index (Phi) is 5.94. The fraction of sp³-hybridized carbons (Fsp3) is 0.600. The molecule has 1 aromatic carbocycles. The highest BCUT2D eigenvalue weighted by Crippen LogP contribution is 2.32. The second-order valence-electron chi connectivity index (χ2n) is 7.41. The number of aryl methyl sites for hydroxylation is 1. The Labute approximate surface area is 154 Å². The van der Waals surface area contributed by atoms with Crippen LogP contribution in [0.3, 0.4) is 0 Å². The molecule has 2 N–H and O–H groups in total. The van der Waals surface area contributed by atoms with E-state index < -0.39 is 24.2 Å². The number of carbonyl (C=O) groups excluding carboxylic acids is 2. The molecule has 1 heterocycles. The quantitative estimate of drug-likeness (QED) is 0.822. The molecule has 2 aliphatic rings. The van der Waals surface area contributed by atoms with Crippen LogP contribution in [-0.2, 0) is 30.2 Å². The molecule has 0 radical (unpaired) electrons. The summed E-state index contributed by atoms with van der Waals surface area (Å²) in [5.41, 5.74) is 8.10. The van der Waals surface area contributed by atoms with Crippen molar-refractivity contribution in [3.63, 3.8) is 0 Å². The van der Waals surface area contributed by atoms with Gasteiger partial charge in [-0.1, -0.05) is 29.8 Å². The van der Waals surface area contributed by atoms with E-state index in [1.54, 1.807) is 6.92 Å². The normalized spacial score (nSPS) is 29.9. The first-order valence-corrected chi connectivity index (χ1v) is 9.24. The van der Waals surface area contributed by atoms with E-state index in [0.717, 1.165) is 18.4 Å². The molecule has 0 bridgehead atoms. The van der Waals surface area contributed by atoms with Gasteiger partial charge in [-0.15, -0.1) is 0 Å². The first kappa shape index (κ1) is 18.9. The summed E-state index contributed by atoms with van der Waals surface area (Å²) >= 11 is 0. The molecular weight excluding hydrogens is 334 g/mol. The van der Waals surface area contributed by atoms with Crippen molar-refractivity contribution in [2.75, 3.05) is 13.2 Å². The molecule has 0 amide bonds. The molecular formula is C20H27NO5. The van der Waals surface area contributed by atoms with Crippen molar-refractivity contribution in [3.05, 3.63) is 35.4 Å². The largest absolute Gasteiger partial charge is 0.458 e. The van der Waals surface area contributed by atoms with E-state index in [2.05, 4.69) is 24.3 Å². The predicted octanol–water partition coefficient (Wildman–Crippen LogP) is 1.76. The summed E-state index contributed by atoms with van der Waals surface area (Å²) in [4.78, 5) is 24.3. The van der Waals surface area contributed by atoms with E-state index in [1.165, 1.54) is 5.56 Å². The minimum absolute atomic E-state index is 0.0197. The number of rotatable bonds is 4. The number of nitrogens with two attached hydrogens (primary N) is 1. The van der Waals surface area contributed by atoms with Gasteiger partial charge in [0.2, 0.25) is 0 Å². The zero-order valence-electron chi connectivity index (χ0n) is 15.4. The van der Waals surface area contributed by atoms with Gasteiger partial charge in [0, 0.05) is 5.92 Å². The molecule has 6 heteroatoms. The lowest BCUT2D eigenvalue weighted by Gasteiger charge is -2.30. The lowest BCUT2D eigenvalue weighted by atomic mass is 9.91. The third kappa shape index (κ3) is 4.83. The van der Waals surface area contributed by atoms with Gasteiger partial charge in [0.15, 0.2) is 0 Å². The average molecular weight is 361 g/mol. The molecule has 0 unspecified atom stereocenters. The Morgan fingerprint density at radius 2 is 1.92 bits per heavy atom. The first-order valence-electron chi connectivity index (χ1n) is 9.24. The van der Waals surface area contributed by atoms with Crippen molar-refractivity contribution in [2.24, 2.45) is 17.6 Å². The van der Waals surface area contributed by atoms with Crippen molar-refractivity contribution in [3.8, 4) is 0 Å². The average Bonchev–Trinajstić information content (AvgIpc) is 3.44. The van der Waals surface area contributed by atoms with E-state index >= 15 is 0 Å². The monoisotopic (exact) mass is 361 g/mol. The van der Waals surface area contributed by atoms with Gasteiger partial charge < -0.3 is 19.9 Å². The summed E-state index contributed by atoms with van der Waals surface area (Å²) in [6, 6.07) is 7.40. The molecule has 26 heavy (non-hydrogen) atoms. The molecule has 1 aliphatic heterocycles. The fourth-order valence-corrected chi connectivity index (χ4v) is 3.17. The van der Waals surface area contributed by atoms with E-state index in [4.69, 9.17) is 19.9 Å². The summed E-state index contributed by atoms with van der Waals surface area (Å²) < 4.78 is 16.9. The highest BCUT2D eigenvalue weighted by atomic mass is 16.6. The predicted molar refractivity (Wildman–Crippen MR) is 95.3 cm³/mol. The molecule has 0 spiro atoms. The minimum Gasteiger partial charge on any atom is -0.458 e. The second kappa shape index (κ2) is 8.18. The van der Waals surface area contributed by atoms with Crippen molar-refractivity contribution >= 4 is 11.9 Å². The van der Waals surface area contributed by atoms with E-state index in [0.29, 0.717) is 13.0 Å². The summed E-state index contributed by atoms with van der Waals surface area (Å²) in [7, 11) is 0. The van der Waals surface area contributed by atoms with Crippen LogP contribution in [0.2, 0.25) is 0 Å². The topological polar surface area (TPSA) is 87.8 Å². The van der Waals surface area contributed by atoms with Crippen molar-refractivity contribution < 1.29 is 23.8 Å². The van der Waals surface area contributed by atoms with E-state index in [-0.39, 0.29) is 24.4 Å². The Bertz CT molecular complexity index is 640. The molecule has 1 saturated carbocycles. The van der Waals surface area contributed by atoms with Crippen LogP contribution in [-0.4, -0.2) is 43.4 Å². The summed E-state index contributed by atoms with van der Waals surface area (Å²) in [5, 5.41) is 0. The lowest BCUT2D eigenvalue weighted by molar-refractivity contribution is -0.172. The number of hydrogen-bond acceptors (Lipinski definition) is 6. The van der Waals surface area contributed by atoms with Crippen LogP contribution in [0.15, 0.2) is 24.3 Å². The number of carbonyl (C=O) groups is 2. The first-order chi connectivity index (χ1) is 12.4. The zero-order valence-corrected chi connectivity index (χ0v) is 15.4. The van der Waals surface area contributed by atoms with Crippen LogP contribution in [0.5, 0.6) is 0 Å². The van der Waals surface area contributed by atoms with Crippen molar-refractivity contribution in [1.82, 2.24) is 0 Å². The Hall–Kier alpha value is -1.92. The number of ether oxygens (including phenoxy) is 3. The molecule has 0 aromatic heterocycles. The molecule has 1 aromatic rings.